The van der Waals surface area contributed by atoms with Crippen LogP contribution in [-0.4, -0.2) is 22.8 Å². The molecule has 2 amide bonds. The molecule has 0 aliphatic carbocycles. The molecule has 4 aromatic rings. The summed E-state index contributed by atoms with van der Waals surface area (Å²) in [6, 6.07) is 26.2. The first-order chi connectivity index (χ1) is 14.6. The Kier molecular flexibility index (Phi) is 5.52. The van der Waals surface area contributed by atoms with E-state index in [1.165, 1.54) is 0 Å². The van der Waals surface area contributed by atoms with E-state index in [-0.39, 0.29) is 5.91 Å². The highest BCUT2D eigenvalue weighted by Gasteiger charge is 2.21. The van der Waals surface area contributed by atoms with E-state index in [4.69, 9.17) is 5.73 Å². The highest BCUT2D eigenvalue weighted by molar-refractivity contribution is 6.06. The van der Waals surface area contributed by atoms with E-state index in [2.05, 4.69) is 10.3 Å². The van der Waals surface area contributed by atoms with Crippen LogP contribution < -0.4 is 11.1 Å². The molecule has 0 fully saturated rings. The molecule has 0 aliphatic rings. The molecule has 3 N–H and O–H groups in total. The van der Waals surface area contributed by atoms with Crippen molar-refractivity contribution in [2.24, 2.45) is 5.73 Å². The van der Waals surface area contributed by atoms with Gasteiger partial charge in [0.15, 0.2) is 0 Å². The van der Waals surface area contributed by atoms with Crippen LogP contribution in [0.5, 0.6) is 0 Å². The number of nitrogens with one attached hydrogen (secondary N) is 1. The van der Waals surface area contributed by atoms with Crippen molar-refractivity contribution >= 4 is 22.7 Å². The molecule has 1 atom stereocenters. The topological polar surface area (TPSA) is 85.1 Å². The van der Waals surface area contributed by atoms with E-state index < -0.39 is 11.9 Å². The first-order valence-corrected chi connectivity index (χ1v) is 9.70. The Hall–Kier alpha value is -3.99. The number of benzene rings is 3. The normalized spacial score (nSPS) is 11.7. The molecule has 5 heteroatoms. The van der Waals surface area contributed by atoms with Crippen molar-refractivity contribution in [3.8, 4) is 11.1 Å². The summed E-state index contributed by atoms with van der Waals surface area (Å²) in [4.78, 5) is 29.2. The number of carbonyl (C=O) groups excluding carboxylic acids is 2. The van der Waals surface area contributed by atoms with Gasteiger partial charge in [0.05, 0.1) is 11.1 Å². The number of amides is 2. The van der Waals surface area contributed by atoms with Crippen LogP contribution in [0, 0.1) is 0 Å². The summed E-state index contributed by atoms with van der Waals surface area (Å²) in [6.07, 6.45) is 1.95. The lowest BCUT2D eigenvalue weighted by atomic mass is 10.00. The predicted octanol–water partition coefficient (Wildman–Crippen LogP) is 3.73. The zero-order valence-corrected chi connectivity index (χ0v) is 16.3. The van der Waals surface area contributed by atoms with Crippen molar-refractivity contribution in [2.75, 3.05) is 0 Å². The van der Waals surface area contributed by atoms with Gasteiger partial charge in [0.25, 0.3) is 5.91 Å². The summed E-state index contributed by atoms with van der Waals surface area (Å²) in [6.45, 7) is 0. The van der Waals surface area contributed by atoms with Gasteiger partial charge in [-0.15, -0.1) is 0 Å². The number of aromatic nitrogens is 1. The van der Waals surface area contributed by atoms with E-state index in [0.29, 0.717) is 17.5 Å². The van der Waals surface area contributed by atoms with E-state index in [0.717, 1.165) is 22.1 Å². The summed E-state index contributed by atoms with van der Waals surface area (Å²) < 4.78 is 0. The molecule has 0 aliphatic heterocycles. The predicted molar refractivity (Wildman–Crippen MR) is 118 cm³/mol. The minimum absolute atomic E-state index is 0.314. The van der Waals surface area contributed by atoms with Gasteiger partial charge in [-0.1, -0.05) is 72.8 Å². The average molecular weight is 395 g/mol. The van der Waals surface area contributed by atoms with Gasteiger partial charge < -0.3 is 11.1 Å². The Labute approximate surface area is 174 Å². The quantitative estimate of drug-likeness (QED) is 0.522. The number of pyridine rings is 1. The maximum absolute atomic E-state index is 12.8. The maximum atomic E-state index is 12.8. The van der Waals surface area contributed by atoms with Gasteiger partial charge in [-0.05, 0) is 28.8 Å². The van der Waals surface area contributed by atoms with Gasteiger partial charge in [-0.3, -0.25) is 14.6 Å². The number of nitrogens with two attached hydrogens (primary N) is 1. The number of para-hydroxylation sites is 1. The summed E-state index contributed by atoms with van der Waals surface area (Å²) in [5.74, 6) is -0.951. The van der Waals surface area contributed by atoms with Crippen LogP contribution in [0.15, 0.2) is 91.1 Å². The highest BCUT2D eigenvalue weighted by atomic mass is 16.2. The maximum Gasteiger partial charge on any atom is 0.254 e. The largest absolute Gasteiger partial charge is 0.368 e. The van der Waals surface area contributed by atoms with Crippen LogP contribution in [0.25, 0.3) is 22.0 Å². The lowest BCUT2D eigenvalue weighted by molar-refractivity contribution is -0.119. The molecule has 1 aromatic heterocycles. The molecule has 30 heavy (non-hydrogen) atoms. The molecule has 0 saturated carbocycles. The molecule has 0 saturated heterocycles. The molecule has 4 rings (SSSR count). The average Bonchev–Trinajstić information content (AvgIpc) is 2.79. The van der Waals surface area contributed by atoms with Crippen molar-refractivity contribution in [3.63, 3.8) is 0 Å². The smallest absolute Gasteiger partial charge is 0.254 e. The Morgan fingerprint density at radius 2 is 1.53 bits per heavy atom. The summed E-state index contributed by atoms with van der Waals surface area (Å²) in [5.41, 5.74) is 9.70. The fourth-order valence-electron chi connectivity index (χ4n) is 3.45. The fourth-order valence-corrected chi connectivity index (χ4v) is 3.45. The first-order valence-electron chi connectivity index (χ1n) is 9.70. The van der Waals surface area contributed by atoms with Crippen LogP contribution in [0.1, 0.15) is 15.9 Å². The van der Waals surface area contributed by atoms with Crippen LogP contribution in [0.2, 0.25) is 0 Å². The number of carbonyl (C=O) groups is 2. The number of hydrogen-bond acceptors (Lipinski definition) is 3. The molecule has 0 unspecified atom stereocenters. The molecule has 0 radical (unpaired) electrons. The molecular formula is C25H21N3O2. The third-order valence-electron chi connectivity index (χ3n) is 5.03. The van der Waals surface area contributed by atoms with Gasteiger partial charge in [0, 0.05) is 18.0 Å². The standard InChI is InChI=1S/C25H21N3O2/c26-24(29)22(16-17-11-13-19(14-12-17)18-6-2-1-3-7-18)28-25(30)21-10-4-8-20-9-5-15-27-23(20)21/h1-15,22H,16H2,(H2,26,29)(H,28,30)/t22-/m0/s1. The van der Waals surface area contributed by atoms with E-state index in [1.54, 1.807) is 18.3 Å². The molecule has 0 spiro atoms. The lowest BCUT2D eigenvalue weighted by Gasteiger charge is -2.16. The Balaban J connectivity index is 1.52. The first kappa shape index (κ1) is 19.3. The van der Waals surface area contributed by atoms with Gasteiger partial charge >= 0.3 is 0 Å². The van der Waals surface area contributed by atoms with Gasteiger partial charge in [-0.2, -0.15) is 0 Å². The van der Waals surface area contributed by atoms with E-state index >= 15 is 0 Å². The fraction of sp³-hybridized carbons (Fsp3) is 0.0800. The molecular weight excluding hydrogens is 374 g/mol. The van der Waals surface area contributed by atoms with Crippen molar-refractivity contribution in [2.45, 2.75) is 12.5 Å². The van der Waals surface area contributed by atoms with Crippen molar-refractivity contribution in [1.82, 2.24) is 10.3 Å². The summed E-state index contributed by atoms with van der Waals surface area (Å²) >= 11 is 0. The van der Waals surface area contributed by atoms with E-state index in [1.807, 2.05) is 72.8 Å². The van der Waals surface area contributed by atoms with Gasteiger partial charge in [0.2, 0.25) is 5.91 Å². The minimum atomic E-state index is -0.820. The zero-order valence-electron chi connectivity index (χ0n) is 16.3. The number of fused-ring (bicyclic) bond motifs is 1. The number of hydrogen-bond donors (Lipinski definition) is 2. The SMILES string of the molecule is NC(=O)[C@H](Cc1ccc(-c2ccccc2)cc1)NC(=O)c1cccc2cccnc12. The second kappa shape index (κ2) is 8.57. The van der Waals surface area contributed by atoms with Crippen LogP contribution in [0.4, 0.5) is 0 Å². The summed E-state index contributed by atoms with van der Waals surface area (Å²) in [7, 11) is 0. The zero-order chi connectivity index (χ0) is 20.9. The Morgan fingerprint density at radius 1 is 0.833 bits per heavy atom. The number of rotatable bonds is 6. The third-order valence-corrected chi connectivity index (χ3v) is 5.03. The Morgan fingerprint density at radius 3 is 2.27 bits per heavy atom. The van der Waals surface area contributed by atoms with Crippen molar-refractivity contribution < 1.29 is 9.59 Å². The second-order valence-corrected chi connectivity index (χ2v) is 7.08. The molecule has 5 nitrogen and oxygen atoms in total. The van der Waals surface area contributed by atoms with Crippen molar-refractivity contribution in [3.05, 3.63) is 102 Å². The minimum Gasteiger partial charge on any atom is -0.368 e. The van der Waals surface area contributed by atoms with E-state index in [9.17, 15) is 9.59 Å². The number of nitrogens with zero attached hydrogens (tertiary/aromatic N) is 1. The third kappa shape index (κ3) is 4.20. The molecule has 1 heterocycles. The monoisotopic (exact) mass is 395 g/mol. The summed E-state index contributed by atoms with van der Waals surface area (Å²) in [5, 5.41) is 3.62. The second-order valence-electron chi connectivity index (χ2n) is 7.08. The molecule has 0 bridgehead atoms. The highest BCUT2D eigenvalue weighted by Crippen LogP contribution is 2.20. The van der Waals surface area contributed by atoms with Crippen molar-refractivity contribution in [1.29, 1.82) is 0 Å². The lowest BCUT2D eigenvalue weighted by Crippen LogP contribution is -2.45. The van der Waals surface area contributed by atoms with Crippen LogP contribution in [0.3, 0.4) is 0 Å². The molecule has 148 valence electrons. The number of primary amides is 1. The van der Waals surface area contributed by atoms with Crippen LogP contribution in [-0.2, 0) is 11.2 Å². The van der Waals surface area contributed by atoms with Gasteiger partial charge in [0.1, 0.15) is 6.04 Å². The Bertz CT molecular complexity index is 1180. The van der Waals surface area contributed by atoms with Gasteiger partial charge in [-0.25, -0.2) is 0 Å². The molecule has 3 aromatic carbocycles. The van der Waals surface area contributed by atoms with Crippen LogP contribution >= 0.6 is 0 Å².